The van der Waals surface area contributed by atoms with E-state index in [9.17, 15) is 4.79 Å². The van der Waals surface area contributed by atoms with E-state index in [-0.39, 0.29) is 5.91 Å². The topological polar surface area (TPSA) is 44.4 Å². The van der Waals surface area contributed by atoms with Gasteiger partial charge in [0.15, 0.2) is 0 Å². The van der Waals surface area contributed by atoms with Gasteiger partial charge in [0.1, 0.15) is 0 Å². The molecule has 0 aliphatic heterocycles. The van der Waals surface area contributed by atoms with Crippen molar-refractivity contribution in [1.29, 1.82) is 0 Å². The zero-order valence-electron chi connectivity index (χ0n) is 11.3. The highest BCUT2D eigenvalue weighted by Gasteiger charge is 2.02. The minimum Gasteiger partial charge on any atom is -0.355 e. The summed E-state index contributed by atoms with van der Waals surface area (Å²) in [6.45, 7) is 6.91. The zero-order valence-corrected chi connectivity index (χ0v) is 11.3. The second-order valence-electron chi connectivity index (χ2n) is 4.44. The van der Waals surface area contributed by atoms with Gasteiger partial charge in [0.05, 0.1) is 13.1 Å². The fourth-order valence-corrected chi connectivity index (χ4v) is 1.28. The molecule has 0 heterocycles. The Morgan fingerprint density at radius 3 is 2.71 bits per heavy atom. The molecule has 0 saturated heterocycles. The molecule has 0 aliphatic rings. The first-order chi connectivity index (χ1) is 8.07. The van der Waals surface area contributed by atoms with Crippen LogP contribution in [0.5, 0.6) is 0 Å². The van der Waals surface area contributed by atoms with Crippen LogP contribution in [0.1, 0.15) is 26.7 Å². The van der Waals surface area contributed by atoms with Crippen LogP contribution in [0.4, 0.5) is 0 Å². The third-order valence-electron chi connectivity index (χ3n) is 2.65. The number of terminal acetylenes is 1. The fourth-order valence-electron chi connectivity index (χ4n) is 1.28. The van der Waals surface area contributed by atoms with E-state index in [0.29, 0.717) is 19.1 Å². The Kier molecular flexibility index (Phi) is 9.50. The fraction of sp³-hybridized carbons (Fsp3) is 0.769. The lowest BCUT2D eigenvalue weighted by Gasteiger charge is -2.20. The molecule has 0 fully saturated rings. The lowest BCUT2D eigenvalue weighted by atomic mass is 10.2. The van der Waals surface area contributed by atoms with Gasteiger partial charge in [-0.3, -0.25) is 10.1 Å². The van der Waals surface area contributed by atoms with Gasteiger partial charge < -0.3 is 10.2 Å². The van der Waals surface area contributed by atoms with E-state index in [1.807, 2.05) is 0 Å². The van der Waals surface area contributed by atoms with Gasteiger partial charge in [-0.1, -0.05) is 5.92 Å². The van der Waals surface area contributed by atoms with Crippen LogP contribution in [0.15, 0.2) is 0 Å². The Bertz CT molecular complexity index is 246. The summed E-state index contributed by atoms with van der Waals surface area (Å²) in [4.78, 5) is 13.6. The second-order valence-corrected chi connectivity index (χ2v) is 4.44. The van der Waals surface area contributed by atoms with Crippen molar-refractivity contribution in [2.24, 2.45) is 0 Å². The number of carbonyl (C=O) groups excluding carboxylic acids is 1. The van der Waals surface area contributed by atoms with Gasteiger partial charge in [0.2, 0.25) is 5.91 Å². The summed E-state index contributed by atoms with van der Waals surface area (Å²) in [6.07, 6.45) is 7.17. The van der Waals surface area contributed by atoms with Crippen LogP contribution < -0.4 is 10.6 Å². The summed E-state index contributed by atoms with van der Waals surface area (Å²) in [5.74, 6) is 2.44. The highest BCUT2D eigenvalue weighted by molar-refractivity contribution is 5.77. The van der Waals surface area contributed by atoms with Crippen molar-refractivity contribution in [1.82, 2.24) is 15.5 Å². The van der Waals surface area contributed by atoms with Crippen LogP contribution >= 0.6 is 0 Å². The third kappa shape index (κ3) is 9.86. The Hall–Kier alpha value is -1.05. The maximum atomic E-state index is 11.3. The number of nitrogens with zero attached hydrogens (tertiary/aromatic N) is 1. The first-order valence-electron chi connectivity index (χ1n) is 6.19. The van der Waals surface area contributed by atoms with Crippen molar-refractivity contribution < 1.29 is 4.79 Å². The number of nitrogens with one attached hydrogen (secondary N) is 2. The summed E-state index contributed by atoms with van der Waals surface area (Å²) < 4.78 is 0. The number of hydrogen-bond donors (Lipinski definition) is 2. The maximum absolute atomic E-state index is 11.3. The first kappa shape index (κ1) is 16.0. The third-order valence-corrected chi connectivity index (χ3v) is 2.65. The molecule has 0 aromatic rings. The van der Waals surface area contributed by atoms with Crippen LogP contribution in [-0.2, 0) is 4.79 Å². The van der Waals surface area contributed by atoms with Gasteiger partial charge in [-0.25, -0.2) is 0 Å². The van der Waals surface area contributed by atoms with E-state index in [4.69, 9.17) is 6.42 Å². The van der Waals surface area contributed by atoms with Crippen LogP contribution in [0.3, 0.4) is 0 Å². The van der Waals surface area contributed by atoms with Crippen molar-refractivity contribution >= 4 is 5.91 Å². The molecule has 17 heavy (non-hydrogen) atoms. The lowest BCUT2D eigenvalue weighted by molar-refractivity contribution is -0.120. The molecule has 4 nitrogen and oxygen atoms in total. The largest absolute Gasteiger partial charge is 0.355 e. The van der Waals surface area contributed by atoms with E-state index in [1.165, 1.54) is 0 Å². The molecular formula is C13H25N3O. The molecule has 0 radical (unpaired) electrons. The number of hydrogen-bond acceptors (Lipinski definition) is 3. The van der Waals surface area contributed by atoms with Crippen LogP contribution in [0, 0.1) is 12.3 Å². The molecule has 0 aliphatic carbocycles. The minimum atomic E-state index is 0.0115. The molecule has 0 aromatic carbocycles. The highest BCUT2D eigenvalue weighted by atomic mass is 16.1. The molecule has 0 rings (SSSR count). The van der Waals surface area contributed by atoms with E-state index in [2.05, 4.69) is 42.3 Å². The standard InChI is InChI=1S/C13H25N3O/c1-5-8-14-11-13(17)15-9-6-7-10-16(4)12(2)3/h1,12,14H,6-11H2,2-4H3,(H,15,17). The normalized spacial score (nSPS) is 10.6. The molecule has 0 bridgehead atoms. The quantitative estimate of drug-likeness (QED) is 0.453. The Morgan fingerprint density at radius 2 is 2.12 bits per heavy atom. The highest BCUT2D eigenvalue weighted by Crippen LogP contribution is 1.97. The predicted octanol–water partition coefficient (Wildman–Crippen LogP) is 0.446. The van der Waals surface area contributed by atoms with Gasteiger partial charge in [-0.15, -0.1) is 6.42 Å². The molecule has 98 valence electrons. The SMILES string of the molecule is C#CCNCC(=O)NCCCCN(C)C(C)C. The molecular weight excluding hydrogens is 214 g/mol. The molecule has 0 atom stereocenters. The Morgan fingerprint density at radius 1 is 1.41 bits per heavy atom. The van der Waals surface area contributed by atoms with Gasteiger partial charge in [0.25, 0.3) is 0 Å². The summed E-state index contributed by atoms with van der Waals surface area (Å²) in [7, 11) is 2.12. The molecule has 0 spiro atoms. The number of unbranched alkanes of at least 4 members (excludes halogenated alkanes) is 1. The number of amides is 1. The zero-order chi connectivity index (χ0) is 13.1. The van der Waals surface area contributed by atoms with Gasteiger partial charge in [-0.05, 0) is 40.3 Å². The van der Waals surface area contributed by atoms with Crippen LogP contribution in [0.25, 0.3) is 0 Å². The van der Waals surface area contributed by atoms with Gasteiger partial charge in [0, 0.05) is 12.6 Å². The maximum Gasteiger partial charge on any atom is 0.233 e. The van der Waals surface area contributed by atoms with Crippen molar-refractivity contribution in [2.45, 2.75) is 32.7 Å². The molecule has 4 heteroatoms. The second kappa shape index (κ2) is 10.1. The molecule has 0 aromatic heterocycles. The van der Waals surface area contributed by atoms with Gasteiger partial charge in [-0.2, -0.15) is 0 Å². The number of rotatable bonds is 9. The van der Waals surface area contributed by atoms with E-state index >= 15 is 0 Å². The summed E-state index contributed by atoms with van der Waals surface area (Å²) in [5, 5.41) is 5.71. The van der Waals surface area contributed by atoms with E-state index in [0.717, 1.165) is 25.9 Å². The van der Waals surface area contributed by atoms with Crippen molar-refractivity contribution in [3.63, 3.8) is 0 Å². The average Bonchev–Trinajstić information content (AvgIpc) is 2.28. The Balaban J connectivity index is 3.34. The van der Waals surface area contributed by atoms with Crippen LogP contribution in [0.2, 0.25) is 0 Å². The predicted molar refractivity (Wildman–Crippen MR) is 71.7 cm³/mol. The molecule has 0 saturated carbocycles. The summed E-state index contributed by atoms with van der Waals surface area (Å²) >= 11 is 0. The van der Waals surface area contributed by atoms with Crippen LogP contribution in [-0.4, -0.2) is 50.1 Å². The molecule has 0 unspecified atom stereocenters. The summed E-state index contributed by atoms with van der Waals surface area (Å²) in [5.41, 5.74) is 0. The molecule has 2 N–H and O–H groups in total. The monoisotopic (exact) mass is 239 g/mol. The molecule has 1 amide bonds. The lowest BCUT2D eigenvalue weighted by Crippen LogP contribution is -2.35. The van der Waals surface area contributed by atoms with E-state index in [1.54, 1.807) is 0 Å². The average molecular weight is 239 g/mol. The smallest absolute Gasteiger partial charge is 0.233 e. The summed E-state index contributed by atoms with van der Waals surface area (Å²) in [6, 6.07) is 0.581. The minimum absolute atomic E-state index is 0.0115. The first-order valence-corrected chi connectivity index (χ1v) is 6.19. The van der Waals surface area contributed by atoms with Crippen molar-refractivity contribution in [2.75, 3.05) is 33.2 Å². The van der Waals surface area contributed by atoms with E-state index < -0.39 is 0 Å². The van der Waals surface area contributed by atoms with Gasteiger partial charge >= 0.3 is 0 Å². The number of carbonyl (C=O) groups is 1. The Labute approximate surface area is 105 Å². The van der Waals surface area contributed by atoms with Crippen molar-refractivity contribution in [3.05, 3.63) is 0 Å². The van der Waals surface area contributed by atoms with Crippen molar-refractivity contribution in [3.8, 4) is 12.3 Å².